The Morgan fingerprint density at radius 3 is 2.38 bits per heavy atom. The number of aromatic nitrogens is 3. The van der Waals surface area contributed by atoms with Gasteiger partial charge < -0.3 is 4.90 Å². The number of anilines is 1. The van der Waals surface area contributed by atoms with E-state index in [1.807, 2.05) is 69.3 Å². The van der Waals surface area contributed by atoms with Crippen molar-refractivity contribution in [1.82, 2.24) is 15.2 Å². The number of amides is 1. The number of rotatable bonds is 7. The molecule has 1 N–H and O–H groups in total. The summed E-state index contributed by atoms with van der Waals surface area (Å²) < 4.78 is 0. The predicted molar refractivity (Wildman–Crippen MR) is 116 cm³/mol. The number of nitrogens with zero attached hydrogens (tertiary/aromatic N) is 4. The highest BCUT2D eigenvalue weighted by atomic mass is 32.2. The van der Waals surface area contributed by atoms with E-state index in [1.165, 1.54) is 17.3 Å². The van der Waals surface area contributed by atoms with Crippen LogP contribution in [0, 0.1) is 25.2 Å². The zero-order valence-corrected chi connectivity index (χ0v) is 17.5. The Kier molecular flexibility index (Phi) is 6.68. The van der Waals surface area contributed by atoms with E-state index in [0.717, 1.165) is 16.8 Å². The number of carbonyl (C=O) groups excluding carboxylic acids is 1. The fourth-order valence-electron chi connectivity index (χ4n) is 2.82. The molecule has 0 bridgehead atoms. The van der Waals surface area contributed by atoms with Crippen LogP contribution < -0.4 is 4.90 Å². The molecule has 0 saturated carbocycles. The molecule has 1 aromatic heterocycles. The quantitative estimate of drug-likeness (QED) is 0.584. The molecule has 29 heavy (non-hydrogen) atoms. The molecule has 1 atom stereocenters. The molecule has 0 fully saturated rings. The van der Waals surface area contributed by atoms with Gasteiger partial charge in [-0.1, -0.05) is 59.3 Å². The van der Waals surface area contributed by atoms with Crippen LogP contribution in [0.1, 0.15) is 24.5 Å². The number of H-pyrrole nitrogens is 1. The predicted octanol–water partition coefficient (Wildman–Crippen LogP) is 4.52. The van der Waals surface area contributed by atoms with E-state index in [2.05, 4.69) is 21.3 Å². The summed E-state index contributed by atoms with van der Waals surface area (Å²) in [7, 11) is 0. The normalized spacial score (nSPS) is 11.7. The Bertz CT molecular complexity index is 1000. The van der Waals surface area contributed by atoms with Gasteiger partial charge in [0.25, 0.3) is 0 Å². The molecule has 148 valence electrons. The van der Waals surface area contributed by atoms with Crippen LogP contribution in [0.5, 0.6) is 0 Å². The molecular weight excluding hydrogens is 382 g/mol. The van der Waals surface area contributed by atoms with E-state index in [1.54, 1.807) is 4.90 Å². The van der Waals surface area contributed by atoms with Crippen molar-refractivity contribution in [3.05, 3.63) is 59.7 Å². The van der Waals surface area contributed by atoms with Gasteiger partial charge in [-0.3, -0.25) is 9.89 Å². The maximum Gasteiger partial charge on any atom is 0.240 e. The Hall–Kier alpha value is -3.11. The minimum Gasteiger partial charge on any atom is -0.310 e. The summed E-state index contributed by atoms with van der Waals surface area (Å²) in [6.07, 6.45) is 0.273. The van der Waals surface area contributed by atoms with Crippen molar-refractivity contribution in [2.24, 2.45) is 0 Å². The Morgan fingerprint density at radius 2 is 1.76 bits per heavy atom. The van der Waals surface area contributed by atoms with Gasteiger partial charge in [0.15, 0.2) is 5.82 Å². The van der Waals surface area contributed by atoms with E-state index in [9.17, 15) is 4.79 Å². The first-order valence-corrected chi connectivity index (χ1v) is 10.3. The molecule has 6 nitrogen and oxygen atoms in total. The topological polar surface area (TPSA) is 85.7 Å². The number of nitrogens with one attached hydrogen (secondary N) is 1. The van der Waals surface area contributed by atoms with Crippen molar-refractivity contribution in [3.8, 4) is 17.5 Å². The lowest BCUT2D eigenvalue weighted by molar-refractivity contribution is -0.117. The highest BCUT2D eigenvalue weighted by Crippen LogP contribution is 2.26. The summed E-state index contributed by atoms with van der Waals surface area (Å²) in [5.74, 6) is 0.600. The van der Waals surface area contributed by atoms with E-state index >= 15 is 0 Å². The maximum atomic E-state index is 13.1. The summed E-state index contributed by atoms with van der Waals surface area (Å²) in [5.41, 5.74) is 4.03. The van der Waals surface area contributed by atoms with E-state index in [0.29, 0.717) is 17.5 Å². The molecule has 0 aliphatic rings. The van der Waals surface area contributed by atoms with Gasteiger partial charge >= 0.3 is 0 Å². The summed E-state index contributed by atoms with van der Waals surface area (Å²) in [6, 6.07) is 17.9. The third-order valence-corrected chi connectivity index (χ3v) is 5.43. The average Bonchev–Trinajstić information content (AvgIpc) is 3.18. The van der Waals surface area contributed by atoms with Gasteiger partial charge in [-0.05, 0) is 32.9 Å². The largest absolute Gasteiger partial charge is 0.310 e. The standard InChI is InChI=1S/C22H23N5OS/c1-15-5-9-18(10-6-15)20-24-22(26-25-20)29-17(3)21(28)27(14-4-13-23)19-11-7-16(2)8-12-19/h5-12,17H,4,14H2,1-3H3,(H,24,25,26). The first kappa shape index (κ1) is 20.6. The van der Waals surface area contributed by atoms with Gasteiger partial charge in [-0.25, -0.2) is 4.98 Å². The fraction of sp³-hybridized carbons (Fsp3) is 0.273. The van der Waals surface area contributed by atoms with Crippen LogP contribution in [0.2, 0.25) is 0 Å². The Labute approximate surface area is 175 Å². The number of nitriles is 1. The lowest BCUT2D eigenvalue weighted by Crippen LogP contribution is -2.37. The first-order chi connectivity index (χ1) is 14.0. The van der Waals surface area contributed by atoms with Crippen LogP contribution in [-0.2, 0) is 4.79 Å². The third-order valence-electron chi connectivity index (χ3n) is 4.48. The summed E-state index contributed by atoms with van der Waals surface area (Å²) in [5, 5.41) is 16.3. The van der Waals surface area contributed by atoms with Gasteiger partial charge in [-0.2, -0.15) is 5.26 Å². The molecule has 3 rings (SSSR count). The molecule has 0 aliphatic heterocycles. The molecular formula is C22H23N5OS. The Balaban J connectivity index is 1.73. The summed E-state index contributed by atoms with van der Waals surface area (Å²) in [6.45, 7) is 6.22. The van der Waals surface area contributed by atoms with Gasteiger partial charge in [-0.15, -0.1) is 5.10 Å². The molecule has 0 radical (unpaired) electrons. The molecule has 0 aliphatic carbocycles. The van der Waals surface area contributed by atoms with Crippen LogP contribution >= 0.6 is 11.8 Å². The lowest BCUT2D eigenvalue weighted by atomic mass is 10.1. The fourth-order valence-corrected chi connectivity index (χ4v) is 3.61. The van der Waals surface area contributed by atoms with Gasteiger partial charge in [0, 0.05) is 17.8 Å². The minimum atomic E-state index is -0.392. The SMILES string of the molecule is Cc1ccc(-c2nc(SC(C)C(=O)N(CCC#N)c3ccc(C)cc3)n[nH]2)cc1. The van der Waals surface area contributed by atoms with Gasteiger partial charge in [0.1, 0.15) is 0 Å². The second-order valence-electron chi connectivity index (χ2n) is 6.83. The van der Waals surface area contributed by atoms with Crippen molar-refractivity contribution < 1.29 is 4.79 Å². The molecule has 0 spiro atoms. The van der Waals surface area contributed by atoms with E-state index in [4.69, 9.17) is 5.26 Å². The second kappa shape index (κ2) is 9.39. The van der Waals surface area contributed by atoms with Crippen LogP contribution in [0.4, 0.5) is 5.69 Å². The molecule has 1 heterocycles. The highest BCUT2D eigenvalue weighted by molar-refractivity contribution is 8.00. The van der Waals surface area contributed by atoms with Crippen molar-refractivity contribution in [2.45, 2.75) is 37.6 Å². The van der Waals surface area contributed by atoms with Crippen molar-refractivity contribution in [1.29, 1.82) is 5.26 Å². The maximum absolute atomic E-state index is 13.1. The summed E-state index contributed by atoms with van der Waals surface area (Å²) in [4.78, 5) is 19.3. The number of carbonyl (C=O) groups is 1. The number of benzene rings is 2. The van der Waals surface area contributed by atoms with Gasteiger partial charge in [0.05, 0.1) is 17.7 Å². The number of aryl methyl sites for hydroxylation is 2. The van der Waals surface area contributed by atoms with Gasteiger partial charge in [0.2, 0.25) is 11.1 Å². The monoisotopic (exact) mass is 405 g/mol. The molecule has 3 aromatic rings. The summed E-state index contributed by atoms with van der Waals surface area (Å²) >= 11 is 1.30. The molecule has 0 saturated heterocycles. The van der Waals surface area contributed by atoms with E-state index in [-0.39, 0.29) is 12.3 Å². The van der Waals surface area contributed by atoms with Crippen LogP contribution in [0.3, 0.4) is 0 Å². The van der Waals surface area contributed by atoms with Crippen LogP contribution in [-0.4, -0.2) is 32.9 Å². The molecule has 1 amide bonds. The number of aromatic amines is 1. The number of hydrogen-bond acceptors (Lipinski definition) is 5. The third kappa shape index (κ3) is 5.24. The molecule has 7 heteroatoms. The zero-order chi connectivity index (χ0) is 20.8. The number of thioether (sulfide) groups is 1. The van der Waals surface area contributed by atoms with Crippen LogP contribution in [0.25, 0.3) is 11.4 Å². The highest BCUT2D eigenvalue weighted by Gasteiger charge is 2.24. The van der Waals surface area contributed by atoms with Crippen molar-refractivity contribution >= 4 is 23.4 Å². The van der Waals surface area contributed by atoms with Crippen molar-refractivity contribution in [3.63, 3.8) is 0 Å². The lowest BCUT2D eigenvalue weighted by Gasteiger charge is -2.24. The molecule has 1 unspecified atom stereocenters. The van der Waals surface area contributed by atoms with E-state index < -0.39 is 5.25 Å². The Morgan fingerprint density at radius 1 is 1.14 bits per heavy atom. The zero-order valence-electron chi connectivity index (χ0n) is 16.7. The number of hydrogen-bond donors (Lipinski definition) is 1. The first-order valence-electron chi connectivity index (χ1n) is 9.39. The smallest absolute Gasteiger partial charge is 0.240 e. The second-order valence-corrected chi connectivity index (χ2v) is 8.13. The average molecular weight is 406 g/mol. The molecule has 2 aromatic carbocycles. The van der Waals surface area contributed by atoms with Crippen molar-refractivity contribution in [2.75, 3.05) is 11.4 Å². The minimum absolute atomic E-state index is 0.0733. The van der Waals surface area contributed by atoms with Crippen LogP contribution in [0.15, 0.2) is 53.7 Å².